The van der Waals surface area contributed by atoms with Crippen molar-refractivity contribution in [3.05, 3.63) is 64.2 Å². The summed E-state index contributed by atoms with van der Waals surface area (Å²) in [6, 6.07) is 13.4. The van der Waals surface area contributed by atoms with Crippen molar-refractivity contribution in [2.75, 3.05) is 0 Å². The molecule has 2 aliphatic rings. The molecule has 2 aromatic carbocycles. The molecule has 112 valence electrons. The zero-order chi connectivity index (χ0) is 15.5. The van der Waals surface area contributed by atoms with Crippen LogP contribution < -0.4 is 0 Å². The first kappa shape index (κ1) is 16.5. The van der Waals surface area contributed by atoms with E-state index >= 15 is 0 Å². The van der Waals surface area contributed by atoms with Gasteiger partial charge in [0.2, 0.25) is 0 Å². The minimum atomic E-state index is -0.826. The Kier molecular flexibility index (Phi) is 5.61. The van der Waals surface area contributed by atoms with E-state index in [2.05, 4.69) is 49.4 Å². The number of aryl methyl sites for hydroxylation is 1. The van der Waals surface area contributed by atoms with E-state index in [1.807, 2.05) is 0 Å². The van der Waals surface area contributed by atoms with Crippen molar-refractivity contribution >= 4 is 23.1 Å². The zero-order valence-corrected chi connectivity index (χ0v) is 16.6. The number of allylic oxidation sites excluding steroid dienone is 1. The molecule has 0 spiro atoms. The number of hydrogen-bond donors (Lipinski definition) is 0. The van der Waals surface area contributed by atoms with Crippen LogP contribution in [0, 0.1) is 0 Å². The van der Waals surface area contributed by atoms with Crippen LogP contribution in [0.5, 0.6) is 0 Å². The summed E-state index contributed by atoms with van der Waals surface area (Å²) in [5, 5.41) is 0. The van der Waals surface area contributed by atoms with Gasteiger partial charge in [-0.3, -0.25) is 0 Å². The molecule has 0 nitrogen and oxygen atoms in total. The molecule has 0 saturated heterocycles. The van der Waals surface area contributed by atoms with Crippen molar-refractivity contribution in [1.29, 1.82) is 0 Å². The van der Waals surface area contributed by atoms with Gasteiger partial charge in [0.25, 0.3) is 0 Å². The summed E-state index contributed by atoms with van der Waals surface area (Å²) < 4.78 is 0. The second kappa shape index (κ2) is 7.48. The Bertz CT molecular complexity index is 705. The quantitative estimate of drug-likeness (QED) is 0.529. The van der Waals surface area contributed by atoms with E-state index in [1.54, 1.807) is 11.1 Å². The van der Waals surface area contributed by atoms with Gasteiger partial charge in [-0.15, -0.1) is 0 Å². The van der Waals surface area contributed by atoms with Crippen LogP contribution in [-0.2, 0) is 40.1 Å². The van der Waals surface area contributed by atoms with Gasteiger partial charge < -0.3 is 0 Å². The Morgan fingerprint density at radius 2 is 1.73 bits per heavy atom. The van der Waals surface area contributed by atoms with Crippen LogP contribution in [0.3, 0.4) is 0 Å². The maximum atomic E-state index is 4.93. The first-order valence-electron chi connectivity index (χ1n) is 7.61. The number of halogens is 2. The predicted molar refractivity (Wildman–Crippen MR) is 93.0 cm³/mol. The van der Waals surface area contributed by atoms with E-state index in [9.17, 15) is 0 Å². The summed E-state index contributed by atoms with van der Waals surface area (Å²) in [6.45, 7) is 2.25. The summed E-state index contributed by atoms with van der Waals surface area (Å²) in [7, 11) is 9.87. The molecule has 0 atom stereocenters. The van der Waals surface area contributed by atoms with Gasteiger partial charge >= 0.3 is 37.9 Å². The summed E-state index contributed by atoms with van der Waals surface area (Å²) in [5.74, 6) is 0. The van der Waals surface area contributed by atoms with Crippen LogP contribution in [0.2, 0.25) is 0 Å². The fourth-order valence-corrected chi connectivity index (χ4v) is 3.67. The minimum absolute atomic E-state index is 0.826. The van der Waals surface area contributed by atoms with E-state index in [-0.39, 0.29) is 0 Å². The average molecular weight is 408 g/mol. The summed E-state index contributed by atoms with van der Waals surface area (Å²) >= 11 is -0.826. The molecule has 2 aromatic rings. The molecule has 3 heteroatoms. The summed E-state index contributed by atoms with van der Waals surface area (Å²) in [6.07, 6.45) is 7.38. The fourth-order valence-electron chi connectivity index (χ4n) is 3.67. The van der Waals surface area contributed by atoms with Crippen LogP contribution in [-0.4, -0.2) is 0 Å². The molecule has 0 aliphatic heterocycles. The maximum absolute atomic E-state index is 4.93. The third kappa shape index (κ3) is 3.28. The molecule has 0 fully saturated rings. The number of benzene rings is 2. The zero-order valence-electron chi connectivity index (χ0n) is 12.6. The van der Waals surface area contributed by atoms with Gasteiger partial charge in [0.1, 0.15) is 0 Å². The van der Waals surface area contributed by atoms with Crippen molar-refractivity contribution in [3.63, 3.8) is 0 Å². The van der Waals surface area contributed by atoms with Crippen molar-refractivity contribution in [2.45, 2.75) is 32.6 Å². The van der Waals surface area contributed by atoms with Gasteiger partial charge in [-0.05, 0) is 66.0 Å². The van der Waals surface area contributed by atoms with Crippen LogP contribution in [0.1, 0.15) is 35.6 Å². The van der Waals surface area contributed by atoms with E-state index < -0.39 is 20.8 Å². The van der Waals surface area contributed by atoms with Gasteiger partial charge in [0.05, 0.1) is 0 Å². The molecular weight excluding hydrogens is 390 g/mol. The van der Waals surface area contributed by atoms with Crippen LogP contribution >= 0.6 is 17.0 Å². The first-order valence-corrected chi connectivity index (χ1v) is 13.9. The van der Waals surface area contributed by atoms with Crippen molar-refractivity contribution < 1.29 is 20.8 Å². The number of hydrogen-bond acceptors (Lipinski definition) is 0. The van der Waals surface area contributed by atoms with Crippen LogP contribution in [0.15, 0.2) is 42.0 Å². The van der Waals surface area contributed by atoms with Crippen LogP contribution in [0.25, 0.3) is 17.2 Å². The van der Waals surface area contributed by atoms with Gasteiger partial charge in [-0.1, -0.05) is 48.0 Å². The van der Waals surface area contributed by atoms with Crippen molar-refractivity contribution in [1.82, 2.24) is 0 Å². The Hall–Kier alpha value is -0.357. The first-order chi connectivity index (χ1) is 10.7. The number of fused-ring (bicyclic) bond motifs is 2. The third-order valence-electron chi connectivity index (χ3n) is 4.45. The topological polar surface area (TPSA) is 0 Å². The molecule has 0 bridgehead atoms. The van der Waals surface area contributed by atoms with E-state index in [4.69, 9.17) is 17.0 Å². The van der Waals surface area contributed by atoms with Gasteiger partial charge in [0, 0.05) is 0 Å². The van der Waals surface area contributed by atoms with Crippen molar-refractivity contribution in [3.8, 4) is 11.1 Å². The van der Waals surface area contributed by atoms with E-state index in [0.717, 1.165) is 6.42 Å². The number of rotatable bonds is 1. The predicted octanol–water partition coefficient (Wildman–Crippen LogP) is 6.18. The van der Waals surface area contributed by atoms with Gasteiger partial charge in [-0.25, -0.2) is 0 Å². The molecule has 0 N–H and O–H groups in total. The van der Waals surface area contributed by atoms with E-state index in [0.29, 0.717) is 0 Å². The molecular formula is C19H18Cl2Zr. The molecule has 0 heterocycles. The fraction of sp³-hybridized carbons (Fsp3) is 0.263. The Balaban J connectivity index is 0.000000446. The van der Waals surface area contributed by atoms with Crippen molar-refractivity contribution in [2.24, 2.45) is 0 Å². The van der Waals surface area contributed by atoms with E-state index in [1.165, 1.54) is 47.1 Å². The van der Waals surface area contributed by atoms with Crippen LogP contribution in [0.4, 0.5) is 0 Å². The van der Waals surface area contributed by atoms with Gasteiger partial charge in [-0.2, -0.15) is 0 Å². The Labute approximate surface area is 151 Å². The molecule has 22 heavy (non-hydrogen) atoms. The average Bonchev–Trinajstić information content (AvgIpc) is 3.11. The second-order valence-electron chi connectivity index (χ2n) is 5.92. The monoisotopic (exact) mass is 406 g/mol. The molecule has 0 unspecified atom stereocenters. The Morgan fingerprint density at radius 1 is 1.00 bits per heavy atom. The molecule has 2 aliphatic carbocycles. The molecule has 4 rings (SSSR count). The molecule has 0 saturated carbocycles. The van der Waals surface area contributed by atoms with Gasteiger partial charge in [0.15, 0.2) is 0 Å². The normalized spacial score (nSPS) is 14.6. The SMILES string of the molecule is CC1=Cc2c(cc3c(c2-c2ccccc2)CCC3)C1.[Cl][Zr][Cl]. The molecule has 0 radical (unpaired) electrons. The third-order valence-corrected chi connectivity index (χ3v) is 4.45. The molecule has 0 aromatic heterocycles. The summed E-state index contributed by atoms with van der Waals surface area (Å²) in [4.78, 5) is 0. The summed E-state index contributed by atoms with van der Waals surface area (Å²) in [5.41, 5.74) is 10.6. The standard InChI is InChI=1S/C19H18.2ClH.Zr/c1-13-10-16-12-15-8-5-9-17(15)19(18(16)11-13)14-6-3-2-4-7-14;;;/h2-4,6-7,11-12H,5,8-10H2,1H3;2*1H;/q;;;+2/p-2. The molecule has 0 amide bonds. The second-order valence-corrected chi connectivity index (χ2v) is 9.65. The Morgan fingerprint density at radius 3 is 2.45 bits per heavy atom.